The van der Waals surface area contributed by atoms with Crippen LogP contribution in [0.25, 0.3) is 0 Å². The van der Waals surface area contributed by atoms with Crippen molar-refractivity contribution in [1.82, 2.24) is 25.9 Å². The van der Waals surface area contributed by atoms with Gasteiger partial charge in [0.1, 0.15) is 5.75 Å². The van der Waals surface area contributed by atoms with Crippen LogP contribution in [0.5, 0.6) is 5.75 Å². The number of carbonyl (C=O) groups is 2. The minimum atomic E-state index is -0.362. The van der Waals surface area contributed by atoms with Crippen molar-refractivity contribution in [2.45, 2.75) is 32.8 Å². The molecule has 9 nitrogen and oxygen atoms in total. The number of tetrazole rings is 1. The molecule has 1 aromatic heterocycles. The highest BCUT2D eigenvalue weighted by molar-refractivity contribution is 6.00. The summed E-state index contributed by atoms with van der Waals surface area (Å²) in [5, 5.41) is 16.3. The molecule has 1 atom stereocenters. The lowest BCUT2D eigenvalue weighted by Crippen LogP contribution is -2.34. The van der Waals surface area contributed by atoms with Crippen LogP contribution >= 0.6 is 0 Å². The molecule has 26 heavy (non-hydrogen) atoms. The summed E-state index contributed by atoms with van der Waals surface area (Å²) in [6.45, 7) is 4.70. The molecule has 0 radical (unpaired) electrons. The molecule has 1 aliphatic heterocycles. The average Bonchev–Trinajstić information content (AvgIpc) is 3.25. The minimum Gasteiger partial charge on any atom is -0.491 e. The van der Waals surface area contributed by atoms with Crippen LogP contribution in [-0.4, -0.2) is 51.6 Å². The van der Waals surface area contributed by atoms with Crippen LogP contribution in [-0.2, 0) is 16.0 Å². The van der Waals surface area contributed by atoms with Gasteiger partial charge in [0.2, 0.25) is 11.8 Å². The predicted octanol–water partition coefficient (Wildman–Crippen LogP) is 0.699. The van der Waals surface area contributed by atoms with E-state index in [0.717, 1.165) is 11.4 Å². The first kappa shape index (κ1) is 17.8. The van der Waals surface area contributed by atoms with Crippen LogP contribution in [0.3, 0.4) is 0 Å². The Balaban J connectivity index is 1.53. The smallest absolute Gasteiger partial charge is 0.227 e. The standard InChI is InChI=1S/C17H22N6O3/c1-11(2)26-14-5-3-13(4-6-14)23-10-12(9-16(23)24)17(25)18-8-7-15-19-21-22-20-15/h3-6,11-12H,7-10H2,1-2H3,(H,18,25)(H,19,20,21,22)/t12-/m0/s1. The van der Waals surface area contributed by atoms with Crippen LogP contribution < -0.4 is 15.0 Å². The largest absolute Gasteiger partial charge is 0.491 e. The number of carbonyl (C=O) groups excluding carboxylic acids is 2. The number of anilines is 1. The number of benzene rings is 1. The van der Waals surface area contributed by atoms with Gasteiger partial charge in [-0.3, -0.25) is 9.59 Å². The molecule has 3 rings (SSSR count). The highest BCUT2D eigenvalue weighted by Gasteiger charge is 2.34. The molecule has 0 bridgehead atoms. The van der Waals surface area contributed by atoms with E-state index in [2.05, 4.69) is 25.9 Å². The Labute approximate surface area is 151 Å². The second-order valence-electron chi connectivity index (χ2n) is 6.43. The SMILES string of the molecule is CC(C)Oc1ccc(N2C[C@@H](C(=O)NCCc3nn[nH]n3)CC2=O)cc1. The first-order chi connectivity index (χ1) is 12.5. The Hall–Kier alpha value is -2.97. The molecule has 9 heteroatoms. The van der Waals surface area contributed by atoms with Crippen molar-refractivity contribution in [2.75, 3.05) is 18.0 Å². The van der Waals surface area contributed by atoms with E-state index in [0.29, 0.717) is 25.3 Å². The quantitative estimate of drug-likeness (QED) is 0.753. The van der Waals surface area contributed by atoms with Crippen molar-refractivity contribution in [2.24, 2.45) is 5.92 Å². The first-order valence-corrected chi connectivity index (χ1v) is 8.60. The molecule has 2 aromatic rings. The zero-order chi connectivity index (χ0) is 18.5. The van der Waals surface area contributed by atoms with E-state index in [1.54, 1.807) is 4.90 Å². The van der Waals surface area contributed by atoms with Crippen LogP contribution in [0.2, 0.25) is 0 Å². The molecule has 0 spiro atoms. The number of aromatic amines is 1. The summed E-state index contributed by atoms with van der Waals surface area (Å²) in [5.74, 6) is 0.744. The number of hydrogen-bond acceptors (Lipinski definition) is 6. The van der Waals surface area contributed by atoms with Crippen molar-refractivity contribution < 1.29 is 14.3 Å². The number of H-pyrrole nitrogens is 1. The average molecular weight is 358 g/mol. The van der Waals surface area contributed by atoms with Crippen LogP contribution in [0, 0.1) is 5.92 Å². The third-order valence-electron chi connectivity index (χ3n) is 4.05. The molecule has 1 aliphatic rings. The van der Waals surface area contributed by atoms with Gasteiger partial charge in [-0.1, -0.05) is 5.21 Å². The van der Waals surface area contributed by atoms with Gasteiger partial charge in [-0.2, -0.15) is 5.21 Å². The van der Waals surface area contributed by atoms with Crippen molar-refractivity contribution in [1.29, 1.82) is 0 Å². The highest BCUT2D eigenvalue weighted by Crippen LogP contribution is 2.27. The zero-order valence-corrected chi connectivity index (χ0v) is 14.8. The second kappa shape index (κ2) is 7.94. The number of aromatic nitrogens is 4. The molecular weight excluding hydrogens is 336 g/mol. The van der Waals surface area contributed by atoms with Gasteiger partial charge in [-0.25, -0.2) is 0 Å². The van der Waals surface area contributed by atoms with Gasteiger partial charge in [0.05, 0.1) is 12.0 Å². The summed E-state index contributed by atoms with van der Waals surface area (Å²) in [6.07, 6.45) is 0.789. The number of nitrogens with one attached hydrogen (secondary N) is 2. The van der Waals surface area contributed by atoms with Crippen molar-refractivity contribution in [3.63, 3.8) is 0 Å². The number of amides is 2. The Bertz CT molecular complexity index is 744. The molecule has 2 N–H and O–H groups in total. The topological polar surface area (TPSA) is 113 Å². The maximum Gasteiger partial charge on any atom is 0.227 e. The van der Waals surface area contributed by atoms with E-state index in [1.807, 2.05) is 38.1 Å². The molecule has 0 saturated carbocycles. The van der Waals surface area contributed by atoms with Crippen molar-refractivity contribution >= 4 is 17.5 Å². The van der Waals surface area contributed by atoms with Crippen molar-refractivity contribution in [3.8, 4) is 5.75 Å². The minimum absolute atomic E-state index is 0.0548. The van der Waals surface area contributed by atoms with Gasteiger partial charge >= 0.3 is 0 Å². The van der Waals surface area contributed by atoms with Gasteiger partial charge in [-0.15, -0.1) is 10.2 Å². The Morgan fingerprint density at radius 1 is 1.38 bits per heavy atom. The summed E-state index contributed by atoms with van der Waals surface area (Å²) in [6, 6.07) is 7.35. The van der Waals surface area contributed by atoms with Gasteiger partial charge in [0, 0.05) is 31.6 Å². The summed E-state index contributed by atoms with van der Waals surface area (Å²) >= 11 is 0. The zero-order valence-electron chi connectivity index (χ0n) is 14.8. The van der Waals surface area contributed by atoms with Crippen LogP contribution in [0.1, 0.15) is 26.1 Å². The monoisotopic (exact) mass is 358 g/mol. The third kappa shape index (κ3) is 4.35. The van der Waals surface area contributed by atoms with E-state index < -0.39 is 0 Å². The van der Waals surface area contributed by atoms with Crippen molar-refractivity contribution in [3.05, 3.63) is 30.1 Å². The summed E-state index contributed by atoms with van der Waals surface area (Å²) in [7, 11) is 0. The Morgan fingerprint density at radius 2 is 2.15 bits per heavy atom. The number of hydrogen-bond donors (Lipinski definition) is 2. The molecule has 1 saturated heterocycles. The van der Waals surface area contributed by atoms with E-state index in [1.165, 1.54) is 0 Å². The van der Waals surface area contributed by atoms with E-state index in [9.17, 15) is 9.59 Å². The molecule has 2 heterocycles. The fourth-order valence-corrected chi connectivity index (χ4v) is 2.84. The lowest BCUT2D eigenvalue weighted by molar-refractivity contribution is -0.126. The maximum atomic E-state index is 12.3. The van der Waals surface area contributed by atoms with Gasteiger partial charge < -0.3 is 15.0 Å². The molecule has 0 aliphatic carbocycles. The van der Waals surface area contributed by atoms with Crippen LogP contribution in [0.4, 0.5) is 5.69 Å². The third-order valence-corrected chi connectivity index (χ3v) is 4.05. The van der Waals surface area contributed by atoms with Crippen LogP contribution in [0.15, 0.2) is 24.3 Å². The van der Waals surface area contributed by atoms with Gasteiger partial charge in [0.25, 0.3) is 0 Å². The van der Waals surface area contributed by atoms with Gasteiger partial charge in [-0.05, 0) is 38.1 Å². The lowest BCUT2D eigenvalue weighted by Gasteiger charge is -2.17. The molecule has 1 fully saturated rings. The highest BCUT2D eigenvalue weighted by atomic mass is 16.5. The number of nitrogens with zero attached hydrogens (tertiary/aromatic N) is 4. The Kier molecular flexibility index (Phi) is 5.45. The van der Waals surface area contributed by atoms with E-state index >= 15 is 0 Å². The van der Waals surface area contributed by atoms with E-state index in [-0.39, 0.29) is 30.3 Å². The summed E-state index contributed by atoms with van der Waals surface area (Å²) < 4.78 is 5.61. The van der Waals surface area contributed by atoms with E-state index in [4.69, 9.17) is 4.74 Å². The maximum absolute atomic E-state index is 12.3. The molecule has 1 aromatic carbocycles. The molecule has 0 unspecified atom stereocenters. The first-order valence-electron chi connectivity index (χ1n) is 8.60. The predicted molar refractivity (Wildman–Crippen MR) is 93.6 cm³/mol. The fraction of sp³-hybridized carbons (Fsp3) is 0.471. The number of rotatable bonds is 7. The normalized spacial score (nSPS) is 17.0. The molecular formula is C17H22N6O3. The Morgan fingerprint density at radius 3 is 2.81 bits per heavy atom. The fourth-order valence-electron chi connectivity index (χ4n) is 2.84. The molecule has 2 amide bonds. The molecule has 138 valence electrons. The second-order valence-corrected chi connectivity index (χ2v) is 6.43. The summed E-state index contributed by atoms with van der Waals surface area (Å²) in [4.78, 5) is 26.2. The summed E-state index contributed by atoms with van der Waals surface area (Å²) in [5.41, 5.74) is 0.771. The van der Waals surface area contributed by atoms with Gasteiger partial charge in [0.15, 0.2) is 5.82 Å². The lowest BCUT2D eigenvalue weighted by atomic mass is 10.1. The number of ether oxygens (including phenoxy) is 1.